The molecule has 0 aliphatic carbocycles. The first-order chi connectivity index (χ1) is 13.2. The first-order valence-electron chi connectivity index (χ1n) is 10.0. The van der Waals surface area contributed by atoms with Gasteiger partial charge in [-0.25, -0.2) is 0 Å². The second kappa shape index (κ2) is 8.28. The van der Waals surface area contributed by atoms with Crippen molar-refractivity contribution >= 4 is 12.6 Å². The molecule has 0 atom stereocenters. The number of aromatic hydroxyl groups is 1. The van der Waals surface area contributed by atoms with E-state index in [1.165, 1.54) is 0 Å². The van der Waals surface area contributed by atoms with Crippen molar-refractivity contribution in [3.63, 3.8) is 0 Å². The molecule has 1 saturated heterocycles. The van der Waals surface area contributed by atoms with Crippen LogP contribution in [-0.2, 0) is 20.5 Å². The van der Waals surface area contributed by atoms with Gasteiger partial charge in [0.25, 0.3) is 0 Å². The molecule has 150 valence electrons. The molecule has 0 spiro atoms. The normalized spacial score (nSPS) is 17.8. The molecule has 1 N–H and O–H groups in total. The Morgan fingerprint density at radius 2 is 1.57 bits per heavy atom. The van der Waals surface area contributed by atoms with Gasteiger partial charge < -0.3 is 19.2 Å². The maximum atomic E-state index is 10.9. The van der Waals surface area contributed by atoms with E-state index in [9.17, 15) is 5.11 Å². The molecule has 1 aliphatic heterocycles. The van der Waals surface area contributed by atoms with Crippen LogP contribution in [0.3, 0.4) is 0 Å². The molecule has 4 nitrogen and oxygen atoms in total. The van der Waals surface area contributed by atoms with Gasteiger partial charge in [-0.2, -0.15) is 0 Å². The zero-order valence-electron chi connectivity index (χ0n) is 17.6. The first kappa shape index (κ1) is 20.9. The number of phenols is 1. The Morgan fingerprint density at radius 3 is 2.18 bits per heavy atom. The van der Waals surface area contributed by atoms with Crippen LogP contribution in [0, 0.1) is 0 Å². The summed E-state index contributed by atoms with van der Waals surface area (Å²) in [5, 5.41) is 10.9. The fraction of sp³-hybridized carbons (Fsp3) is 0.478. The second-order valence-corrected chi connectivity index (χ2v) is 8.47. The third-order valence-electron chi connectivity index (χ3n) is 5.90. The number of rotatable bonds is 7. The van der Waals surface area contributed by atoms with Crippen molar-refractivity contribution in [1.82, 2.24) is 0 Å². The van der Waals surface area contributed by atoms with Gasteiger partial charge in [-0.1, -0.05) is 36.4 Å². The van der Waals surface area contributed by atoms with E-state index in [0.29, 0.717) is 12.4 Å². The van der Waals surface area contributed by atoms with Crippen LogP contribution in [0.5, 0.6) is 5.75 Å². The molecule has 0 aromatic heterocycles. The Balaban J connectivity index is 2.00. The third-order valence-corrected chi connectivity index (χ3v) is 5.90. The molecule has 0 amide bonds. The number of benzene rings is 2. The second-order valence-electron chi connectivity index (χ2n) is 8.47. The predicted octanol–water partition coefficient (Wildman–Crippen LogP) is 4.33. The van der Waals surface area contributed by atoms with Crippen LogP contribution in [0.15, 0.2) is 42.5 Å². The Kier molecular flexibility index (Phi) is 6.18. The highest BCUT2D eigenvalue weighted by Crippen LogP contribution is 2.38. The van der Waals surface area contributed by atoms with Gasteiger partial charge in [-0.15, -0.1) is 0 Å². The van der Waals surface area contributed by atoms with Crippen molar-refractivity contribution in [2.75, 3.05) is 13.7 Å². The smallest absolute Gasteiger partial charge is 0.495 e. The molecule has 0 radical (unpaired) electrons. The van der Waals surface area contributed by atoms with E-state index in [1.54, 1.807) is 7.11 Å². The lowest BCUT2D eigenvalue weighted by Crippen LogP contribution is -2.41. The summed E-state index contributed by atoms with van der Waals surface area (Å²) >= 11 is 0. The number of hydrogen-bond donors (Lipinski definition) is 1. The number of phenolic OH excluding ortho intramolecular Hbond substituents is 1. The van der Waals surface area contributed by atoms with Gasteiger partial charge in [0.2, 0.25) is 0 Å². The van der Waals surface area contributed by atoms with E-state index < -0.39 is 18.3 Å². The largest absolute Gasteiger partial charge is 0.508 e. The summed E-state index contributed by atoms with van der Waals surface area (Å²) in [7, 11) is 1.21. The van der Waals surface area contributed by atoms with E-state index in [4.69, 9.17) is 14.0 Å². The number of ether oxygens (including phenoxy) is 1. The van der Waals surface area contributed by atoms with E-state index >= 15 is 0 Å². The van der Waals surface area contributed by atoms with Crippen molar-refractivity contribution < 1.29 is 19.2 Å². The minimum Gasteiger partial charge on any atom is -0.508 e. The monoisotopic (exact) mass is 382 g/mol. The summed E-state index contributed by atoms with van der Waals surface area (Å²) < 4.78 is 17.8. The lowest BCUT2D eigenvalue weighted by molar-refractivity contribution is 0.00578. The average Bonchev–Trinajstić information content (AvgIpc) is 2.87. The Morgan fingerprint density at radius 1 is 0.929 bits per heavy atom. The topological polar surface area (TPSA) is 47.9 Å². The Labute approximate surface area is 169 Å². The fourth-order valence-corrected chi connectivity index (χ4v) is 3.48. The van der Waals surface area contributed by atoms with Crippen molar-refractivity contribution in [3.05, 3.63) is 48.0 Å². The molecule has 0 bridgehead atoms. The van der Waals surface area contributed by atoms with E-state index in [2.05, 4.69) is 6.07 Å². The van der Waals surface area contributed by atoms with E-state index in [-0.39, 0.29) is 0 Å². The minimum atomic E-state index is -0.503. The summed E-state index contributed by atoms with van der Waals surface area (Å²) in [5.74, 6) is 0.295. The number of methoxy groups -OCH3 is 1. The van der Waals surface area contributed by atoms with E-state index in [1.807, 2.05) is 64.1 Å². The molecular formula is C23H31BO4. The van der Waals surface area contributed by atoms with Gasteiger partial charge in [-0.05, 0) is 75.2 Å². The van der Waals surface area contributed by atoms with Gasteiger partial charge >= 0.3 is 7.12 Å². The minimum absolute atomic E-state index is 0.295. The molecule has 1 fully saturated rings. The molecule has 1 aliphatic rings. The van der Waals surface area contributed by atoms with Crippen LogP contribution in [-0.4, -0.2) is 37.1 Å². The van der Waals surface area contributed by atoms with Crippen LogP contribution in [0.4, 0.5) is 0 Å². The third kappa shape index (κ3) is 4.27. The lowest BCUT2D eigenvalue weighted by Gasteiger charge is -2.32. The first-order valence-corrected chi connectivity index (χ1v) is 10.0. The zero-order chi connectivity index (χ0) is 20.4. The lowest BCUT2D eigenvalue weighted by atomic mass is 9.73. The molecule has 0 saturated carbocycles. The molecule has 5 heteroatoms. The Bertz CT molecular complexity index is 786. The van der Waals surface area contributed by atoms with Gasteiger partial charge in [-0.3, -0.25) is 0 Å². The maximum absolute atomic E-state index is 10.9. The Hall–Kier alpha value is -1.82. The maximum Gasteiger partial charge on any atom is 0.495 e. The highest BCUT2D eigenvalue weighted by molar-refractivity contribution is 6.63. The van der Waals surface area contributed by atoms with Gasteiger partial charge in [0.05, 0.1) is 11.2 Å². The number of unbranched alkanes of at least 4 members (excludes halogenated alkanes) is 1. The number of hydrogen-bond acceptors (Lipinski definition) is 4. The van der Waals surface area contributed by atoms with Crippen LogP contribution < -0.4 is 5.46 Å². The summed E-state index contributed by atoms with van der Waals surface area (Å²) in [5.41, 5.74) is 2.97. The molecule has 3 rings (SSSR count). The van der Waals surface area contributed by atoms with E-state index in [0.717, 1.165) is 41.4 Å². The van der Waals surface area contributed by atoms with Crippen molar-refractivity contribution in [2.24, 2.45) is 0 Å². The summed E-state index contributed by atoms with van der Waals surface area (Å²) in [4.78, 5) is 0. The van der Waals surface area contributed by atoms with Gasteiger partial charge in [0.1, 0.15) is 5.75 Å². The van der Waals surface area contributed by atoms with Crippen molar-refractivity contribution in [3.8, 4) is 16.9 Å². The highest BCUT2D eigenvalue weighted by atomic mass is 16.7. The zero-order valence-corrected chi connectivity index (χ0v) is 17.6. The van der Waals surface area contributed by atoms with Gasteiger partial charge in [0, 0.05) is 13.7 Å². The quantitative estimate of drug-likeness (QED) is 0.572. The summed E-state index contributed by atoms with van der Waals surface area (Å²) in [6.07, 6.45) is 2.63. The predicted molar refractivity (Wildman–Crippen MR) is 114 cm³/mol. The molecular weight excluding hydrogens is 351 g/mol. The fourth-order valence-electron chi connectivity index (χ4n) is 3.48. The van der Waals surface area contributed by atoms with Crippen molar-refractivity contribution in [1.29, 1.82) is 0 Å². The van der Waals surface area contributed by atoms with Crippen LogP contribution in [0.2, 0.25) is 0 Å². The summed E-state index contributed by atoms with van der Waals surface area (Å²) in [6, 6.07) is 14.0. The SMILES string of the molecule is COCCCCc1c(O)cc(-c2ccccc2)cc1B1OC(C)(C)C(C)(C)O1. The summed E-state index contributed by atoms with van der Waals surface area (Å²) in [6.45, 7) is 8.91. The van der Waals surface area contributed by atoms with Crippen LogP contribution in [0.25, 0.3) is 11.1 Å². The molecule has 0 unspecified atom stereocenters. The van der Waals surface area contributed by atoms with Gasteiger partial charge in [0.15, 0.2) is 0 Å². The molecule has 1 heterocycles. The standard InChI is InChI=1S/C23H31BO4/c1-22(2)23(3,4)28-24(27-22)20-15-18(17-11-7-6-8-12-17)16-21(25)19(20)13-9-10-14-26-5/h6-8,11-12,15-16,25H,9-10,13-14H2,1-5H3. The van der Waals surface area contributed by atoms with Crippen LogP contribution in [0.1, 0.15) is 46.1 Å². The molecule has 2 aromatic rings. The highest BCUT2D eigenvalue weighted by Gasteiger charge is 2.52. The molecule has 28 heavy (non-hydrogen) atoms. The molecule has 2 aromatic carbocycles. The van der Waals surface area contributed by atoms with Crippen LogP contribution >= 0.6 is 0 Å². The van der Waals surface area contributed by atoms with Crippen molar-refractivity contribution in [2.45, 2.75) is 58.2 Å². The average molecular weight is 382 g/mol.